The summed E-state index contributed by atoms with van der Waals surface area (Å²) < 4.78 is 3.56. The molecule has 0 aliphatic carbocycles. The second-order valence-corrected chi connectivity index (χ2v) is 6.84. The summed E-state index contributed by atoms with van der Waals surface area (Å²) in [7, 11) is 0. The summed E-state index contributed by atoms with van der Waals surface area (Å²) >= 11 is 0. The summed E-state index contributed by atoms with van der Waals surface area (Å²) in [6.45, 7) is 2.48. The Hall–Kier alpha value is -4.11. The van der Waals surface area contributed by atoms with Crippen LogP contribution in [0.3, 0.4) is 0 Å². The molecule has 4 rings (SSSR count). The van der Waals surface area contributed by atoms with Crippen LogP contribution >= 0.6 is 0 Å². The predicted octanol–water partition coefficient (Wildman–Crippen LogP) is 3.46. The van der Waals surface area contributed by atoms with E-state index in [0.717, 1.165) is 16.8 Å². The number of hydrogen-bond donors (Lipinski definition) is 1. The monoisotopic (exact) mass is 395 g/mol. The number of benzene rings is 2. The average Bonchev–Trinajstić information content (AvgIpc) is 3.51. The summed E-state index contributed by atoms with van der Waals surface area (Å²) in [6.07, 6.45) is 7.18. The second kappa shape index (κ2) is 8.93. The van der Waals surface area contributed by atoms with Gasteiger partial charge in [-0.15, -0.1) is 0 Å². The third kappa shape index (κ3) is 4.47. The van der Waals surface area contributed by atoms with E-state index in [1.165, 1.54) is 0 Å². The van der Waals surface area contributed by atoms with Gasteiger partial charge in [-0.05, 0) is 49.4 Å². The maximum atomic E-state index is 12.7. The first-order valence-corrected chi connectivity index (χ1v) is 9.69. The van der Waals surface area contributed by atoms with Gasteiger partial charge in [0.1, 0.15) is 0 Å². The number of rotatable bonds is 5. The van der Waals surface area contributed by atoms with Crippen molar-refractivity contribution in [1.29, 1.82) is 0 Å². The van der Waals surface area contributed by atoms with Crippen LogP contribution in [0, 0.1) is 11.8 Å². The molecule has 2 heterocycles. The van der Waals surface area contributed by atoms with Crippen LogP contribution < -0.4 is 5.32 Å². The first-order chi connectivity index (χ1) is 14.7. The number of amides is 1. The Kier molecular flexibility index (Phi) is 5.72. The fourth-order valence-electron chi connectivity index (χ4n) is 3.03. The number of hydrogen-bond acceptors (Lipinski definition) is 3. The standard InChI is InChI=1S/C24H21N5O/c1-19(28-15-5-13-26-28)18-25-24(30)22-11-12-23(29-16-6-14-27-29)21(17-22)10-9-20-7-3-2-4-8-20/h2-8,11-17,19H,18H2,1H3,(H,25,30). The molecule has 1 unspecified atom stereocenters. The highest BCUT2D eigenvalue weighted by atomic mass is 16.1. The van der Waals surface area contributed by atoms with E-state index in [2.05, 4.69) is 27.4 Å². The van der Waals surface area contributed by atoms with Crippen LogP contribution in [0.2, 0.25) is 0 Å². The third-order valence-electron chi connectivity index (χ3n) is 4.66. The largest absolute Gasteiger partial charge is 0.350 e. The SMILES string of the molecule is CC(CNC(=O)c1ccc(-n2cccn2)c(C#Cc2ccccc2)c1)n1cccn1. The van der Waals surface area contributed by atoms with E-state index in [-0.39, 0.29) is 11.9 Å². The van der Waals surface area contributed by atoms with Gasteiger partial charge in [-0.1, -0.05) is 30.0 Å². The van der Waals surface area contributed by atoms with Crippen molar-refractivity contribution in [3.05, 3.63) is 102 Å². The fourth-order valence-corrected chi connectivity index (χ4v) is 3.03. The van der Waals surface area contributed by atoms with Crippen molar-refractivity contribution in [2.75, 3.05) is 6.54 Å². The Bertz CT molecular complexity index is 1170. The second-order valence-electron chi connectivity index (χ2n) is 6.84. The number of carbonyl (C=O) groups is 1. The van der Waals surface area contributed by atoms with E-state index in [1.54, 1.807) is 29.2 Å². The summed E-state index contributed by atoms with van der Waals surface area (Å²) in [5, 5.41) is 11.5. The van der Waals surface area contributed by atoms with Crippen LogP contribution in [0.25, 0.3) is 5.69 Å². The van der Waals surface area contributed by atoms with Crippen molar-refractivity contribution in [2.24, 2.45) is 0 Å². The molecule has 2 aromatic carbocycles. The van der Waals surface area contributed by atoms with Crippen molar-refractivity contribution < 1.29 is 4.79 Å². The van der Waals surface area contributed by atoms with Crippen LogP contribution in [0.5, 0.6) is 0 Å². The summed E-state index contributed by atoms with van der Waals surface area (Å²) in [4.78, 5) is 12.7. The minimum atomic E-state index is -0.149. The van der Waals surface area contributed by atoms with Crippen molar-refractivity contribution >= 4 is 5.91 Å². The molecule has 0 saturated carbocycles. The molecule has 4 aromatic rings. The fraction of sp³-hybridized carbons (Fsp3) is 0.125. The van der Waals surface area contributed by atoms with E-state index in [0.29, 0.717) is 12.1 Å². The zero-order chi connectivity index (χ0) is 20.8. The molecule has 0 fully saturated rings. The van der Waals surface area contributed by atoms with Crippen LogP contribution in [0.15, 0.2) is 85.5 Å². The molecular weight excluding hydrogens is 374 g/mol. The number of aromatic nitrogens is 4. The van der Waals surface area contributed by atoms with Gasteiger partial charge in [0.15, 0.2) is 0 Å². The molecule has 1 atom stereocenters. The van der Waals surface area contributed by atoms with Crippen molar-refractivity contribution in [2.45, 2.75) is 13.0 Å². The summed E-state index contributed by atoms with van der Waals surface area (Å²) in [5.41, 5.74) is 3.02. The van der Waals surface area contributed by atoms with Crippen molar-refractivity contribution in [3.8, 4) is 17.5 Å². The molecule has 0 radical (unpaired) electrons. The molecule has 0 aliphatic heterocycles. The van der Waals surface area contributed by atoms with E-state index >= 15 is 0 Å². The highest BCUT2D eigenvalue weighted by Gasteiger charge is 2.12. The Morgan fingerprint density at radius 3 is 2.53 bits per heavy atom. The van der Waals surface area contributed by atoms with Gasteiger partial charge in [-0.25, -0.2) is 4.68 Å². The van der Waals surface area contributed by atoms with Gasteiger partial charge < -0.3 is 5.32 Å². The van der Waals surface area contributed by atoms with E-state index in [9.17, 15) is 4.79 Å². The molecule has 30 heavy (non-hydrogen) atoms. The van der Waals surface area contributed by atoms with Crippen LogP contribution in [-0.2, 0) is 0 Å². The molecule has 2 aromatic heterocycles. The molecule has 1 amide bonds. The molecular formula is C24H21N5O. The summed E-state index contributed by atoms with van der Waals surface area (Å²) in [5.74, 6) is 6.21. The Balaban J connectivity index is 1.58. The van der Waals surface area contributed by atoms with Crippen LogP contribution in [0.4, 0.5) is 0 Å². The molecule has 0 aliphatic rings. The highest BCUT2D eigenvalue weighted by molar-refractivity contribution is 5.95. The minimum absolute atomic E-state index is 0.0599. The number of carbonyl (C=O) groups excluding carboxylic acids is 1. The van der Waals surface area contributed by atoms with Crippen LogP contribution in [-0.4, -0.2) is 32.0 Å². The van der Waals surface area contributed by atoms with Gasteiger partial charge in [0.2, 0.25) is 0 Å². The zero-order valence-corrected chi connectivity index (χ0v) is 16.6. The van der Waals surface area contributed by atoms with Gasteiger partial charge in [0.25, 0.3) is 5.91 Å². The minimum Gasteiger partial charge on any atom is -0.350 e. The van der Waals surface area contributed by atoms with Crippen LogP contribution in [0.1, 0.15) is 34.5 Å². The molecule has 0 bridgehead atoms. The Labute approximate surface area is 175 Å². The lowest BCUT2D eigenvalue weighted by Gasteiger charge is -2.14. The van der Waals surface area contributed by atoms with Gasteiger partial charge in [-0.3, -0.25) is 9.48 Å². The molecule has 0 saturated heterocycles. The summed E-state index contributed by atoms with van der Waals surface area (Å²) in [6, 6.07) is 19.0. The van der Waals surface area contributed by atoms with E-state index in [4.69, 9.17) is 0 Å². The lowest BCUT2D eigenvalue weighted by Crippen LogP contribution is -2.29. The van der Waals surface area contributed by atoms with Crippen molar-refractivity contribution in [3.63, 3.8) is 0 Å². The van der Waals surface area contributed by atoms with Crippen molar-refractivity contribution in [1.82, 2.24) is 24.9 Å². The van der Waals surface area contributed by atoms with E-state index < -0.39 is 0 Å². The molecule has 6 heteroatoms. The average molecular weight is 395 g/mol. The molecule has 0 spiro atoms. The normalized spacial score (nSPS) is 11.4. The van der Waals surface area contributed by atoms with E-state index in [1.807, 2.05) is 72.5 Å². The molecule has 148 valence electrons. The first kappa shape index (κ1) is 19.2. The third-order valence-corrected chi connectivity index (χ3v) is 4.66. The Morgan fingerprint density at radius 2 is 1.80 bits per heavy atom. The predicted molar refractivity (Wildman–Crippen MR) is 115 cm³/mol. The number of nitrogens with zero attached hydrogens (tertiary/aromatic N) is 4. The van der Waals surface area contributed by atoms with Gasteiger partial charge >= 0.3 is 0 Å². The van der Waals surface area contributed by atoms with Gasteiger partial charge in [-0.2, -0.15) is 10.2 Å². The quantitative estimate of drug-likeness (QED) is 0.527. The smallest absolute Gasteiger partial charge is 0.251 e. The maximum Gasteiger partial charge on any atom is 0.251 e. The number of nitrogens with one attached hydrogen (secondary N) is 1. The maximum absolute atomic E-state index is 12.7. The lowest BCUT2D eigenvalue weighted by molar-refractivity contribution is 0.0948. The highest BCUT2D eigenvalue weighted by Crippen LogP contribution is 2.16. The molecule has 1 N–H and O–H groups in total. The van der Waals surface area contributed by atoms with Gasteiger partial charge in [0.05, 0.1) is 17.3 Å². The zero-order valence-electron chi connectivity index (χ0n) is 16.6. The Morgan fingerprint density at radius 1 is 1.00 bits per heavy atom. The topological polar surface area (TPSA) is 64.7 Å². The lowest BCUT2D eigenvalue weighted by atomic mass is 10.1. The first-order valence-electron chi connectivity index (χ1n) is 9.69. The van der Waals surface area contributed by atoms with Gasteiger partial charge in [0, 0.05) is 42.5 Å². The molecule has 6 nitrogen and oxygen atoms in total.